The average Bonchev–Trinajstić information content (AvgIpc) is 3.19. The zero-order chi connectivity index (χ0) is 21.1. The van der Waals surface area contributed by atoms with Crippen LogP contribution in [0.1, 0.15) is 44.6 Å². The molecule has 8 heteroatoms. The number of amides is 4. The molecule has 1 saturated carbocycles. The zero-order valence-electron chi connectivity index (χ0n) is 16.5. The first-order chi connectivity index (χ1) is 13.9. The number of benzene rings is 1. The van der Waals surface area contributed by atoms with E-state index in [4.69, 9.17) is 4.74 Å². The van der Waals surface area contributed by atoms with E-state index in [1.165, 1.54) is 13.0 Å². The standard InChI is InChI=1S/C21H27N3O5/c1-15(20(27)24-21(28)23-17-9-5-6-10-17)29-19(26)13-14-22-18(25)12-11-16-7-3-2-4-8-16/h2-4,7-8,11-12,15,17H,5-6,9-10,13-14H2,1H3,(H,22,25)(H2,23,24,27,28)/b12-11+/t15-/m0/s1. The lowest BCUT2D eigenvalue weighted by Crippen LogP contribution is -2.47. The van der Waals surface area contributed by atoms with Crippen molar-refractivity contribution in [3.05, 3.63) is 42.0 Å². The third-order valence-electron chi connectivity index (χ3n) is 4.46. The molecular weight excluding hydrogens is 374 g/mol. The highest BCUT2D eigenvalue weighted by molar-refractivity contribution is 5.97. The quantitative estimate of drug-likeness (QED) is 0.455. The van der Waals surface area contributed by atoms with Crippen LogP contribution in [0.15, 0.2) is 36.4 Å². The highest BCUT2D eigenvalue weighted by Gasteiger charge is 2.22. The van der Waals surface area contributed by atoms with Crippen LogP contribution in [0.3, 0.4) is 0 Å². The van der Waals surface area contributed by atoms with Crippen LogP contribution in [-0.2, 0) is 19.1 Å². The molecular formula is C21H27N3O5. The summed E-state index contributed by atoms with van der Waals surface area (Å²) >= 11 is 0. The van der Waals surface area contributed by atoms with Crippen molar-refractivity contribution in [1.29, 1.82) is 0 Å². The fraction of sp³-hybridized carbons (Fsp3) is 0.429. The molecule has 4 amide bonds. The van der Waals surface area contributed by atoms with E-state index < -0.39 is 24.0 Å². The summed E-state index contributed by atoms with van der Waals surface area (Å²) in [5.74, 6) is -1.67. The molecule has 0 heterocycles. The fourth-order valence-electron chi connectivity index (χ4n) is 2.90. The zero-order valence-corrected chi connectivity index (χ0v) is 16.5. The summed E-state index contributed by atoms with van der Waals surface area (Å²) in [6.07, 6.45) is 5.77. The van der Waals surface area contributed by atoms with Gasteiger partial charge in [-0.05, 0) is 31.4 Å². The smallest absolute Gasteiger partial charge is 0.321 e. The minimum atomic E-state index is -1.11. The second-order valence-corrected chi connectivity index (χ2v) is 6.86. The number of hydrogen-bond acceptors (Lipinski definition) is 5. The van der Waals surface area contributed by atoms with E-state index in [0.29, 0.717) is 0 Å². The summed E-state index contributed by atoms with van der Waals surface area (Å²) in [7, 11) is 0. The van der Waals surface area contributed by atoms with E-state index in [0.717, 1.165) is 31.2 Å². The number of esters is 1. The average molecular weight is 401 g/mol. The molecule has 0 aromatic heterocycles. The van der Waals surface area contributed by atoms with Gasteiger partial charge in [0.2, 0.25) is 5.91 Å². The van der Waals surface area contributed by atoms with Gasteiger partial charge < -0.3 is 15.4 Å². The summed E-state index contributed by atoms with van der Waals surface area (Å²) in [6.45, 7) is 1.46. The van der Waals surface area contributed by atoms with Crippen LogP contribution in [0, 0.1) is 0 Å². The number of carbonyl (C=O) groups excluding carboxylic acids is 4. The second-order valence-electron chi connectivity index (χ2n) is 6.86. The van der Waals surface area contributed by atoms with Gasteiger partial charge in [0.15, 0.2) is 6.10 Å². The van der Waals surface area contributed by atoms with Gasteiger partial charge in [-0.15, -0.1) is 0 Å². The Bertz CT molecular complexity index is 742. The summed E-state index contributed by atoms with van der Waals surface area (Å²) < 4.78 is 4.99. The van der Waals surface area contributed by atoms with Crippen LogP contribution in [0.4, 0.5) is 4.79 Å². The first kappa shape index (κ1) is 22.1. The molecule has 1 aromatic rings. The molecule has 1 fully saturated rings. The molecule has 8 nitrogen and oxygen atoms in total. The van der Waals surface area contributed by atoms with Gasteiger partial charge >= 0.3 is 12.0 Å². The van der Waals surface area contributed by atoms with Crippen molar-refractivity contribution in [2.75, 3.05) is 6.54 Å². The molecule has 0 spiro atoms. The highest BCUT2D eigenvalue weighted by atomic mass is 16.5. The summed E-state index contributed by atoms with van der Waals surface area (Å²) in [5, 5.41) is 7.46. The van der Waals surface area contributed by atoms with Crippen LogP contribution < -0.4 is 16.0 Å². The molecule has 1 aliphatic carbocycles. The number of carbonyl (C=O) groups is 4. The predicted octanol–water partition coefficient (Wildman–Crippen LogP) is 1.91. The van der Waals surface area contributed by atoms with Crippen molar-refractivity contribution in [2.24, 2.45) is 0 Å². The molecule has 156 valence electrons. The van der Waals surface area contributed by atoms with E-state index in [-0.39, 0.29) is 24.9 Å². The van der Waals surface area contributed by atoms with E-state index >= 15 is 0 Å². The van der Waals surface area contributed by atoms with Crippen LogP contribution in [0.2, 0.25) is 0 Å². The molecule has 1 aromatic carbocycles. The Morgan fingerprint density at radius 3 is 2.52 bits per heavy atom. The lowest BCUT2D eigenvalue weighted by Gasteiger charge is -2.15. The molecule has 29 heavy (non-hydrogen) atoms. The number of imide groups is 1. The van der Waals surface area contributed by atoms with Gasteiger partial charge in [-0.2, -0.15) is 0 Å². The largest absolute Gasteiger partial charge is 0.452 e. The molecule has 0 bridgehead atoms. The maximum Gasteiger partial charge on any atom is 0.321 e. The summed E-state index contributed by atoms with van der Waals surface area (Å²) in [6, 6.07) is 8.84. The van der Waals surface area contributed by atoms with E-state index in [2.05, 4.69) is 16.0 Å². The second kappa shape index (κ2) is 11.6. The molecule has 1 aliphatic rings. The predicted molar refractivity (Wildman–Crippen MR) is 108 cm³/mol. The molecule has 2 rings (SSSR count). The van der Waals surface area contributed by atoms with Crippen LogP contribution >= 0.6 is 0 Å². The normalized spacial score (nSPS) is 14.9. The maximum atomic E-state index is 11.9. The minimum Gasteiger partial charge on any atom is -0.452 e. The van der Waals surface area contributed by atoms with Gasteiger partial charge in [0.25, 0.3) is 5.91 Å². The van der Waals surface area contributed by atoms with Crippen LogP contribution in [0.25, 0.3) is 6.08 Å². The van der Waals surface area contributed by atoms with Crippen molar-refractivity contribution < 1.29 is 23.9 Å². The Kier molecular flexibility index (Phi) is 8.88. The Morgan fingerprint density at radius 2 is 1.83 bits per heavy atom. The lowest BCUT2D eigenvalue weighted by atomic mass is 10.2. The van der Waals surface area contributed by atoms with Gasteiger partial charge in [0.1, 0.15) is 0 Å². The van der Waals surface area contributed by atoms with Gasteiger partial charge in [-0.25, -0.2) is 4.79 Å². The Balaban J connectivity index is 1.62. The highest BCUT2D eigenvalue weighted by Crippen LogP contribution is 2.17. The lowest BCUT2D eigenvalue weighted by molar-refractivity contribution is -0.154. The van der Waals surface area contributed by atoms with Gasteiger partial charge in [-0.3, -0.25) is 19.7 Å². The van der Waals surface area contributed by atoms with Gasteiger partial charge in [-0.1, -0.05) is 43.2 Å². The molecule has 1 atom stereocenters. The van der Waals surface area contributed by atoms with Gasteiger partial charge in [0, 0.05) is 18.7 Å². The molecule has 0 unspecified atom stereocenters. The molecule has 0 radical (unpaired) electrons. The minimum absolute atomic E-state index is 0.0767. The van der Waals surface area contributed by atoms with Crippen LogP contribution in [-0.4, -0.2) is 42.5 Å². The van der Waals surface area contributed by atoms with E-state index in [1.807, 2.05) is 30.3 Å². The molecule has 0 saturated heterocycles. The van der Waals surface area contributed by atoms with Gasteiger partial charge in [0.05, 0.1) is 6.42 Å². The Hall–Kier alpha value is -3.16. The Labute approximate surface area is 170 Å². The van der Waals surface area contributed by atoms with Crippen molar-refractivity contribution in [3.63, 3.8) is 0 Å². The van der Waals surface area contributed by atoms with Crippen LogP contribution in [0.5, 0.6) is 0 Å². The third kappa shape index (κ3) is 8.59. The monoisotopic (exact) mass is 401 g/mol. The van der Waals surface area contributed by atoms with Crippen molar-refractivity contribution in [3.8, 4) is 0 Å². The summed E-state index contributed by atoms with van der Waals surface area (Å²) in [5.41, 5.74) is 0.888. The van der Waals surface area contributed by atoms with E-state index in [9.17, 15) is 19.2 Å². The maximum absolute atomic E-state index is 11.9. The number of ether oxygens (including phenoxy) is 1. The van der Waals surface area contributed by atoms with Crippen molar-refractivity contribution in [2.45, 2.75) is 51.2 Å². The van der Waals surface area contributed by atoms with Crippen molar-refractivity contribution in [1.82, 2.24) is 16.0 Å². The number of hydrogen-bond donors (Lipinski definition) is 3. The third-order valence-corrected chi connectivity index (χ3v) is 4.46. The number of nitrogens with one attached hydrogen (secondary N) is 3. The SMILES string of the molecule is C[C@H](OC(=O)CCNC(=O)/C=C/c1ccccc1)C(=O)NC(=O)NC1CCCC1. The summed E-state index contributed by atoms with van der Waals surface area (Å²) in [4.78, 5) is 47.3. The molecule has 0 aliphatic heterocycles. The van der Waals surface area contributed by atoms with E-state index in [1.54, 1.807) is 6.08 Å². The fourth-order valence-corrected chi connectivity index (χ4v) is 2.90. The first-order valence-electron chi connectivity index (χ1n) is 9.76. The number of rotatable bonds is 8. The first-order valence-corrected chi connectivity index (χ1v) is 9.76. The van der Waals surface area contributed by atoms with Crippen molar-refractivity contribution >= 4 is 29.9 Å². The molecule has 3 N–H and O–H groups in total. The Morgan fingerprint density at radius 1 is 1.14 bits per heavy atom. The topological polar surface area (TPSA) is 114 Å². The number of urea groups is 1.